The minimum atomic E-state index is -0.259. The molecule has 148 valence electrons. The third-order valence-corrected chi connectivity index (χ3v) is 5.29. The molecule has 0 aliphatic rings. The van der Waals surface area contributed by atoms with Crippen molar-refractivity contribution in [2.45, 2.75) is 33.7 Å². The lowest BCUT2D eigenvalue weighted by molar-refractivity contribution is -0.114. The molecule has 8 nitrogen and oxygen atoms in total. The number of aryl methyl sites for hydroxylation is 1. The number of aromatic nitrogens is 4. The molecule has 3 heterocycles. The van der Waals surface area contributed by atoms with Crippen LogP contribution in [0.4, 0.5) is 10.8 Å². The highest BCUT2D eigenvalue weighted by Gasteiger charge is 2.18. The Morgan fingerprint density at radius 1 is 1.14 bits per heavy atom. The molecule has 0 unspecified atom stereocenters. The highest BCUT2D eigenvalue weighted by Crippen LogP contribution is 2.29. The number of pyridine rings is 1. The van der Waals surface area contributed by atoms with Crippen LogP contribution in [-0.4, -0.2) is 31.6 Å². The number of nitrogens with one attached hydrogen (secondary N) is 2. The second-order valence-electron chi connectivity index (χ2n) is 7.07. The van der Waals surface area contributed by atoms with Gasteiger partial charge >= 0.3 is 0 Å². The van der Waals surface area contributed by atoms with Gasteiger partial charge in [-0.2, -0.15) is 5.10 Å². The van der Waals surface area contributed by atoms with Gasteiger partial charge in [0.15, 0.2) is 10.8 Å². The zero-order valence-corrected chi connectivity index (χ0v) is 17.3. The van der Waals surface area contributed by atoms with E-state index in [1.54, 1.807) is 23.0 Å². The summed E-state index contributed by atoms with van der Waals surface area (Å²) in [6.07, 6.45) is 1.68. The summed E-state index contributed by atoms with van der Waals surface area (Å²) in [5.41, 5.74) is 3.39. The molecule has 0 aliphatic carbocycles. The number of nitrogens with zero attached hydrogens (tertiary/aromatic N) is 4. The minimum Gasteiger partial charge on any atom is -0.326 e. The second-order valence-corrected chi connectivity index (χ2v) is 8.10. The number of carbonyl (C=O) groups is 2. The summed E-state index contributed by atoms with van der Waals surface area (Å²) in [5.74, 6) is -0.397. The normalized spacial score (nSPS) is 11.3. The van der Waals surface area contributed by atoms with E-state index in [9.17, 15) is 9.59 Å². The van der Waals surface area contributed by atoms with E-state index < -0.39 is 0 Å². The third kappa shape index (κ3) is 3.68. The Hall–Kier alpha value is -3.33. The number of thiazole rings is 1. The van der Waals surface area contributed by atoms with Crippen molar-refractivity contribution < 1.29 is 9.59 Å². The molecule has 3 aromatic heterocycles. The average molecular weight is 408 g/mol. The molecule has 4 aromatic rings. The zero-order valence-electron chi connectivity index (χ0n) is 16.5. The van der Waals surface area contributed by atoms with Gasteiger partial charge in [-0.25, -0.2) is 14.6 Å². The number of anilines is 2. The molecule has 0 radical (unpaired) electrons. The van der Waals surface area contributed by atoms with Crippen LogP contribution in [0.2, 0.25) is 0 Å². The summed E-state index contributed by atoms with van der Waals surface area (Å²) >= 11 is 1.35. The topological polar surface area (TPSA) is 102 Å². The number of carbonyl (C=O) groups excluding carboxylic acids is 2. The first-order chi connectivity index (χ1) is 13.8. The van der Waals surface area contributed by atoms with Gasteiger partial charge in [-0.15, -0.1) is 0 Å². The summed E-state index contributed by atoms with van der Waals surface area (Å²) in [5, 5.41) is 11.2. The van der Waals surface area contributed by atoms with Gasteiger partial charge in [0.2, 0.25) is 5.91 Å². The van der Waals surface area contributed by atoms with Crippen molar-refractivity contribution in [1.82, 2.24) is 19.7 Å². The molecule has 1 aromatic carbocycles. The van der Waals surface area contributed by atoms with Crippen LogP contribution in [0, 0.1) is 6.92 Å². The summed E-state index contributed by atoms with van der Waals surface area (Å²) in [4.78, 5) is 33.2. The molecule has 2 amide bonds. The van der Waals surface area contributed by atoms with Gasteiger partial charge in [-0.1, -0.05) is 11.3 Å². The van der Waals surface area contributed by atoms with Crippen LogP contribution < -0.4 is 10.6 Å². The Morgan fingerprint density at radius 2 is 1.93 bits per heavy atom. The number of amides is 2. The molecular weight excluding hydrogens is 388 g/mol. The van der Waals surface area contributed by atoms with E-state index in [1.807, 2.05) is 32.9 Å². The molecule has 29 heavy (non-hydrogen) atoms. The highest BCUT2D eigenvalue weighted by atomic mass is 32.1. The lowest BCUT2D eigenvalue weighted by Crippen LogP contribution is -2.13. The van der Waals surface area contributed by atoms with Gasteiger partial charge in [0, 0.05) is 24.3 Å². The number of hydrogen-bond donors (Lipinski definition) is 2. The molecular formula is C20H20N6O2S. The lowest BCUT2D eigenvalue weighted by Gasteiger charge is -2.08. The van der Waals surface area contributed by atoms with E-state index in [-0.39, 0.29) is 17.9 Å². The van der Waals surface area contributed by atoms with Gasteiger partial charge in [-0.05, 0) is 45.0 Å². The van der Waals surface area contributed by atoms with E-state index in [0.717, 1.165) is 15.9 Å². The maximum absolute atomic E-state index is 13.0. The molecule has 0 atom stereocenters. The molecule has 0 aliphatic heterocycles. The minimum absolute atomic E-state index is 0.138. The van der Waals surface area contributed by atoms with Crippen molar-refractivity contribution in [3.63, 3.8) is 0 Å². The van der Waals surface area contributed by atoms with Crippen molar-refractivity contribution >= 4 is 55.2 Å². The molecule has 2 N–H and O–H groups in total. The molecule has 4 rings (SSSR count). The zero-order chi connectivity index (χ0) is 20.7. The fraction of sp³-hybridized carbons (Fsp3) is 0.250. The molecule has 9 heteroatoms. The Bertz CT molecular complexity index is 1260. The van der Waals surface area contributed by atoms with Crippen molar-refractivity contribution in [2.24, 2.45) is 0 Å². The average Bonchev–Trinajstić information content (AvgIpc) is 3.23. The molecule has 0 fully saturated rings. The van der Waals surface area contributed by atoms with Crippen LogP contribution in [-0.2, 0) is 4.79 Å². The Morgan fingerprint density at radius 3 is 2.66 bits per heavy atom. The summed E-state index contributed by atoms with van der Waals surface area (Å²) in [6, 6.07) is 7.33. The van der Waals surface area contributed by atoms with Gasteiger partial charge in [0.05, 0.1) is 27.4 Å². The lowest BCUT2D eigenvalue weighted by atomic mass is 10.1. The van der Waals surface area contributed by atoms with E-state index in [1.165, 1.54) is 18.3 Å². The Labute approximate surface area is 171 Å². The molecule has 0 saturated heterocycles. The van der Waals surface area contributed by atoms with Gasteiger partial charge in [0.1, 0.15) is 0 Å². The Kier molecular flexibility index (Phi) is 4.75. The first-order valence-corrected chi connectivity index (χ1v) is 9.98. The third-order valence-electron chi connectivity index (χ3n) is 4.36. The summed E-state index contributed by atoms with van der Waals surface area (Å²) in [7, 11) is 0. The van der Waals surface area contributed by atoms with Crippen LogP contribution in [0.5, 0.6) is 0 Å². The van der Waals surface area contributed by atoms with Crippen LogP contribution in [0.1, 0.15) is 42.9 Å². The number of rotatable bonds is 4. The van der Waals surface area contributed by atoms with Crippen molar-refractivity contribution in [3.8, 4) is 0 Å². The largest absolute Gasteiger partial charge is 0.326 e. The number of hydrogen-bond acceptors (Lipinski definition) is 6. The maximum Gasteiger partial charge on any atom is 0.258 e. The first-order valence-electron chi connectivity index (χ1n) is 9.16. The predicted molar refractivity (Wildman–Crippen MR) is 115 cm³/mol. The second kappa shape index (κ2) is 7.25. The van der Waals surface area contributed by atoms with E-state index in [4.69, 9.17) is 0 Å². The van der Waals surface area contributed by atoms with Crippen molar-refractivity contribution in [3.05, 3.63) is 41.7 Å². The first kappa shape index (κ1) is 19.0. The Balaban J connectivity index is 1.66. The number of fused-ring (bicyclic) bond motifs is 2. The highest BCUT2D eigenvalue weighted by molar-refractivity contribution is 7.22. The fourth-order valence-electron chi connectivity index (χ4n) is 3.13. The van der Waals surface area contributed by atoms with Gasteiger partial charge < -0.3 is 5.32 Å². The smallest absolute Gasteiger partial charge is 0.258 e. The maximum atomic E-state index is 13.0. The quantitative estimate of drug-likeness (QED) is 0.528. The van der Waals surface area contributed by atoms with E-state index >= 15 is 0 Å². The van der Waals surface area contributed by atoms with Gasteiger partial charge in [0.25, 0.3) is 5.91 Å². The van der Waals surface area contributed by atoms with Gasteiger partial charge in [-0.3, -0.25) is 14.9 Å². The summed E-state index contributed by atoms with van der Waals surface area (Å²) in [6.45, 7) is 7.36. The van der Waals surface area contributed by atoms with Crippen molar-refractivity contribution in [2.75, 3.05) is 10.6 Å². The van der Waals surface area contributed by atoms with Crippen LogP contribution in [0.3, 0.4) is 0 Å². The van der Waals surface area contributed by atoms with Crippen LogP contribution in [0.15, 0.2) is 30.5 Å². The number of benzene rings is 1. The summed E-state index contributed by atoms with van der Waals surface area (Å²) < 4.78 is 2.68. The molecule has 0 spiro atoms. The van der Waals surface area contributed by atoms with E-state index in [2.05, 4.69) is 25.7 Å². The fourth-order valence-corrected chi connectivity index (χ4v) is 4.03. The molecule has 0 bridgehead atoms. The van der Waals surface area contributed by atoms with Crippen LogP contribution >= 0.6 is 11.3 Å². The molecule has 0 saturated carbocycles. The monoisotopic (exact) mass is 408 g/mol. The van der Waals surface area contributed by atoms with Crippen molar-refractivity contribution in [1.29, 1.82) is 0 Å². The SMILES string of the molecule is CC(=O)Nc1ccc2nc(NC(=O)c3cc(C)nc4c3cnn4C(C)C)sc2c1. The van der Waals surface area contributed by atoms with E-state index in [0.29, 0.717) is 27.4 Å². The standard InChI is InChI=1S/C20H20N6O2S/c1-10(2)26-18-15(9-21-26)14(7-11(3)22-18)19(28)25-20-24-16-6-5-13(23-12(4)27)8-17(16)29-20/h5-10H,1-4H3,(H,23,27)(H,24,25,28). The predicted octanol–water partition coefficient (Wildman–Crippen LogP) is 4.14. The van der Waals surface area contributed by atoms with Crippen LogP contribution in [0.25, 0.3) is 21.3 Å².